The van der Waals surface area contributed by atoms with E-state index >= 15 is 4.39 Å². The first kappa shape index (κ1) is 17.7. The lowest BCUT2D eigenvalue weighted by Gasteiger charge is -2.41. The highest BCUT2D eigenvalue weighted by atomic mass is 19.1. The number of ether oxygens (including phenoxy) is 1. The monoisotopic (exact) mass is 368 g/mol. The molecule has 0 saturated carbocycles. The Bertz CT molecular complexity index is 1100. The summed E-state index contributed by atoms with van der Waals surface area (Å²) < 4.78 is 22.5. The summed E-state index contributed by atoms with van der Waals surface area (Å²) in [7, 11) is 0. The molecule has 0 atom stereocenters. The van der Waals surface area contributed by atoms with Gasteiger partial charge in [0.2, 0.25) is 0 Å². The molecule has 3 aromatic rings. The van der Waals surface area contributed by atoms with E-state index in [2.05, 4.69) is 4.98 Å². The zero-order valence-corrected chi connectivity index (χ0v) is 15.8. The van der Waals surface area contributed by atoms with Gasteiger partial charge in [-0.3, -0.25) is 0 Å². The molecule has 1 N–H and O–H groups in total. The first-order valence-corrected chi connectivity index (χ1v) is 8.83. The molecule has 0 bridgehead atoms. The Kier molecular flexibility index (Phi) is 3.85. The van der Waals surface area contributed by atoms with Gasteiger partial charge < -0.3 is 14.4 Å². The van der Waals surface area contributed by atoms with Crippen molar-refractivity contribution in [2.75, 3.05) is 13.2 Å². The fourth-order valence-corrected chi connectivity index (χ4v) is 3.68. The summed E-state index contributed by atoms with van der Waals surface area (Å²) in [5.74, 6) is -0.798. The van der Waals surface area contributed by atoms with Gasteiger partial charge >= 0.3 is 5.97 Å². The smallest absolute Gasteiger partial charge is 0.335 e. The van der Waals surface area contributed by atoms with Gasteiger partial charge in [-0.1, -0.05) is 0 Å². The minimum atomic E-state index is -1.01. The molecular formula is C21H21FN2O3. The van der Waals surface area contributed by atoms with E-state index in [1.165, 1.54) is 6.07 Å². The number of nitrogens with zero attached hydrogens (tertiary/aromatic N) is 2. The number of rotatable bonds is 3. The first-order valence-electron chi connectivity index (χ1n) is 8.83. The maximum absolute atomic E-state index is 15.2. The van der Waals surface area contributed by atoms with Crippen molar-refractivity contribution in [3.05, 3.63) is 52.3 Å². The van der Waals surface area contributed by atoms with Gasteiger partial charge in [-0.15, -0.1) is 0 Å². The van der Waals surface area contributed by atoms with Gasteiger partial charge in [0, 0.05) is 0 Å². The second kappa shape index (κ2) is 5.89. The van der Waals surface area contributed by atoms with Crippen LogP contribution in [-0.4, -0.2) is 33.8 Å². The van der Waals surface area contributed by atoms with Gasteiger partial charge in [-0.2, -0.15) is 0 Å². The van der Waals surface area contributed by atoms with Crippen molar-refractivity contribution in [1.82, 2.24) is 9.55 Å². The van der Waals surface area contributed by atoms with Gasteiger partial charge in [0.1, 0.15) is 11.6 Å². The third-order valence-electron chi connectivity index (χ3n) is 5.59. The fraction of sp³-hybridized carbons (Fsp3) is 0.333. The average molecular weight is 368 g/mol. The highest BCUT2D eigenvalue weighted by molar-refractivity contribution is 5.93. The lowest BCUT2D eigenvalue weighted by molar-refractivity contribution is -0.0868. The molecule has 0 aliphatic carbocycles. The lowest BCUT2D eigenvalue weighted by atomic mass is 9.96. The Morgan fingerprint density at radius 3 is 2.52 bits per heavy atom. The van der Waals surface area contributed by atoms with Crippen LogP contribution in [0.25, 0.3) is 22.4 Å². The number of carboxylic acids is 1. The van der Waals surface area contributed by atoms with Gasteiger partial charge in [0.15, 0.2) is 0 Å². The van der Waals surface area contributed by atoms with Crippen LogP contribution in [0.15, 0.2) is 24.3 Å². The van der Waals surface area contributed by atoms with E-state index in [-0.39, 0.29) is 11.4 Å². The van der Waals surface area contributed by atoms with Crippen molar-refractivity contribution in [3.63, 3.8) is 0 Å². The number of imidazole rings is 1. The number of halogens is 1. The summed E-state index contributed by atoms with van der Waals surface area (Å²) in [5, 5.41) is 9.37. The second-order valence-electron chi connectivity index (χ2n) is 7.57. The molecule has 6 heteroatoms. The number of hydrogen-bond acceptors (Lipinski definition) is 3. The largest absolute Gasteiger partial charge is 0.478 e. The van der Waals surface area contributed by atoms with Crippen LogP contribution in [-0.2, 0) is 10.3 Å². The molecule has 1 aromatic heterocycles. The molecule has 1 saturated heterocycles. The normalized spacial score (nSPS) is 15.7. The molecule has 2 aromatic carbocycles. The number of hydrogen-bond donors (Lipinski definition) is 1. The Labute approximate surface area is 156 Å². The minimum absolute atomic E-state index is 0.177. The molecule has 5 nitrogen and oxygen atoms in total. The first-order chi connectivity index (χ1) is 12.7. The Hall–Kier alpha value is -2.73. The van der Waals surface area contributed by atoms with E-state index in [0.29, 0.717) is 41.2 Å². The number of aromatic carboxylic acids is 1. The van der Waals surface area contributed by atoms with Crippen LogP contribution in [0.1, 0.15) is 34.0 Å². The van der Waals surface area contributed by atoms with E-state index in [4.69, 9.17) is 4.74 Å². The summed E-state index contributed by atoms with van der Waals surface area (Å²) in [6.07, 6.45) is 0. The van der Waals surface area contributed by atoms with Crippen molar-refractivity contribution < 1.29 is 19.0 Å². The number of carbonyl (C=O) groups is 1. The van der Waals surface area contributed by atoms with Crippen LogP contribution in [0.3, 0.4) is 0 Å². The molecule has 1 aliphatic heterocycles. The molecule has 0 unspecified atom stereocenters. The Morgan fingerprint density at radius 1 is 1.22 bits per heavy atom. The van der Waals surface area contributed by atoms with E-state index in [9.17, 15) is 9.90 Å². The van der Waals surface area contributed by atoms with Gasteiger partial charge in [0.25, 0.3) is 0 Å². The zero-order chi connectivity index (χ0) is 19.5. The van der Waals surface area contributed by atoms with E-state index < -0.39 is 11.5 Å². The predicted molar refractivity (Wildman–Crippen MR) is 101 cm³/mol. The van der Waals surface area contributed by atoms with Crippen molar-refractivity contribution in [2.45, 2.75) is 33.2 Å². The predicted octanol–water partition coefficient (Wildman–Crippen LogP) is 4.21. The summed E-state index contributed by atoms with van der Waals surface area (Å²) in [5.41, 5.74) is 4.02. The Morgan fingerprint density at radius 2 is 1.93 bits per heavy atom. The molecule has 2 heterocycles. The highest BCUT2D eigenvalue weighted by Gasteiger charge is 2.39. The van der Waals surface area contributed by atoms with Crippen LogP contribution in [0.4, 0.5) is 4.39 Å². The topological polar surface area (TPSA) is 64.3 Å². The van der Waals surface area contributed by atoms with Crippen molar-refractivity contribution in [2.24, 2.45) is 0 Å². The fourth-order valence-electron chi connectivity index (χ4n) is 3.68. The Balaban J connectivity index is 2.07. The maximum atomic E-state index is 15.2. The van der Waals surface area contributed by atoms with Crippen LogP contribution < -0.4 is 0 Å². The summed E-state index contributed by atoms with van der Waals surface area (Å²) in [6.45, 7) is 8.57. The molecule has 0 radical (unpaired) electrons. The SMILES string of the molecule is Cc1cc(-c2nc3ccc(C(=O)O)cc3n2C2(C)COC2)c(F)c(C)c1C. The van der Waals surface area contributed by atoms with E-state index in [0.717, 1.165) is 11.1 Å². The number of aromatic nitrogens is 2. The van der Waals surface area contributed by atoms with Gasteiger partial charge in [-0.25, -0.2) is 14.2 Å². The second-order valence-corrected chi connectivity index (χ2v) is 7.57. The quantitative estimate of drug-likeness (QED) is 0.752. The molecule has 1 aliphatic rings. The standard InChI is InChI=1S/C21H21FN2O3/c1-11-7-15(18(22)13(3)12(11)2)19-23-16-6-5-14(20(25)26)8-17(16)24(19)21(4)9-27-10-21/h5-8H,9-10H2,1-4H3,(H,25,26). The third-order valence-corrected chi connectivity index (χ3v) is 5.59. The van der Waals surface area contributed by atoms with Crippen LogP contribution in [0.5, 0.6) is 0 Å². The molecule has 4 rings (SSSR count). The van der Waals surface area contributed by atoms with Gasteiger partial charge in [0.05, 0.1) is 40.9 Å². The molecule has 140 valence electrons. The number of carboxylic acid groups (broad SMARTS) is 1. The molecular weight excluding hydrogens is 347 g/mol. The van der Waals surface area contributed by atoms with E-state index in [1.807, 2.05) is 31.4 Å². The number of fused-ring (bicyclic) bond motifs is 1. The van der Waals surface area contributed by atoms with Crippen molar-refractivity contribution in [1.29, 1.82) is 0 Å². The van der Waals surface area contributed by atoms with Gasteiger partial charge in [-0.05, 0) is 68.7 Å². The summed E-state index contributed by atoms with van der Waals surface area (Å²) in [4.78, 5) is 16.1. The molecule has 0 spiro atoms. The summed E-state index contributed by atoms with van der Waals surface area (Å²) >= 11 is 0. The van der Waals surface area contributed by atoms with Crippen LogP contribution in [0.2, 0.25) is 0 Å². The average Bonchev–Trinajstić information content (AvgIpc) is 2.99. The number of aryl methyl sites for hydroxylation is 1. The maximum Gasteiger partial charge on any atom is 0.335 e. The van der Waals surface area contributed by atoms with Crippen molar-refractivity contribution >= 4 is 17.0 Å². The number of benzene rings is 2. The third kappa shape index (κ3) is 2.55. The summed E-state index contributed by atoms with van der Waals surface area (Å²) in [6, 6.07) is 6.61. The molecule has 1 fully saturated rings. The van der Waals surface area contributed by atoms with E-state index in [1.54, 1.807) is 19.1 Å². The molecule has 0 amide bonds. The van der Waals surface area contributed by atoms with Crippen molar-refractivity contribution in [3.8, 4) is 11.4 Å². The lowest BCUT2D eigenvalue weighted by Crippen LogP contribution is -2.49. The van der Waals surface area contributed by atoms with Crippen LogP contribution in [0, 0.1) is 26.6 Å². The molecule has 27 heavy (non-hydrogen) atoms. The minimum Gasteiger partial charge on any atom is -0.478 e. The zero-order valence-electron chi connectivity index (χ0n) is 15.8. The van der Waals surface area contributed by atoms with Crippen LogP contribution >= 0.6 is 0 Å². The highest BCUT2D eigenvalue weighted by Crippen LogP contribution is 2.38.